The minimum absolute atomic E-state index is 0.137. The standard InChI is InChI=1S/C19H23N6O6P/c1-19(2)29-14-12(8-27-32(21,26)31-11-6-4-3-5-7-11)28-18(15(14)30-19)25-10-24-13-16(20)22-9-23-17(13)25/h3-7,9-10,12,14-15,18H,8H2,1-2H3,(H2,21,26)(H2,20,22,23)/t12-,14-,15-,18-,32?/m1/s1. The van der Waals surface area contributed by atoms with Gasteiger partial charge in [0, 0.05) is 0 Å². The average Bonchev–Trinajstić information content (AvgIpc) is 3.38. The molecule has 5 rings (SSSR count). The molecule has 0 radical (unpaired) electrons. The summed E-state index contributed by atoms with van der Waals surface area (Å²) in [4.78, 5) is 12.5. The van der Waals surface area contributed by atoms with E-state index in [1.165, 1.54) is 6.33 Å². The van der Waals surface area contributed by atoms with Gasteiger partial charge in [0.1, 0.15) is 35.9 Å². The second-order valence-electron chi connectivity index (χ2n) is 7.95. The Kier molecular flexibility index (Phi) is 5.16. The van der Waals surface area contributed by atoms with Gasteiger partial charge in [0.25, 0.3) is 0 Å². The van der Waals surface area contributed by atoms with Gasteiger partial charge in [-0.1, -0.05) is 18.2 Å². The molecular formula is C19H23N6O6P. The maximum atomic E-state index is 12.6. The molecule has 0 amide bonds. The quantitative estimate of drug-likeness (QED) is 0.516. The monoisotopic (exact) mass is 462 g/mol. The number of hydrogen-bond donors (Lipinski definition) is 2. The van der Waals surface area contributed by atoms with Gasteiger partial charge in [-0.25, -0.2) is 25.0 Å². The number of rotatable bonds is 6. The fourth-order valence-corrected chi connectivity index (χ4v) is 4.73. The van der Waals surface area contributed by atoms with E-state index in [0.29, 0.717) is 16.9 Å². The number of ether oxygens (including phenoxy) is 3. The molecule has 2 saturated heterocycles. The molecule has 1 unspecified atom stereocenters. The largest absolute Gasteiger partial charge is 0.456 e. The molecule has 0 saturated carbocycles. The second kappa shape index (κ2) is 7.77. The second-order valence-corrected chi connectivity index (χ2v) is 9.47. The Morgan fingerprint density at radius 1 is 1.16 bits per heavy atom. The van der Waals surface area contributed by atoms with Gasteiger partial charge >= 0.3 is 7.75 Å². The lowest BCUT2D eigenvalue weighted by atomic mass is 10.1. The van der Waals surface area contributed by atoms with Crippen molar-refractivity contribution in [1.82, 2.24) is 19.5 Å². The summed E-state index contributed by atoms with van der Waals surface area (Å²) >= 11 is 0. The smallest absolute Gasteiger partial charge is 0.413 e. The summed E-state index contributed by atoms with van der Waals surface area (Å²) in [5, 5.41) is 0. The molecule has 32 heavy (non-hydrogen) atoms. The van der Waals surface area contributed by atoms with Crippen LogP contribution >= 0.6 is 7.75 Å². The zero-order chi connectivity index (χ0) is 22.5. The van der Waals surface area contributed by atoms with Crippen LogP contribution in [0.3, 0.4) is 0 Å². The molecule has 12 nitrogen and oxygen atoms in total. The van der Waals surface area contributed by atoms with Crippen molar-refractivity contribution < 1.29 is 27.8 Å². The molecule has 2 aliphatic rings. The molecule has 3 aromatic rings. The van der Waals surface area contributed by atoms with Gasteiger partial charge in [0.15, 0.2) is 23.5 Å². The highest BCUT2D eigenvalue weighted by atomic mass is 31.2. The summed E-state index contributed by atoms with van der Waals surface area (Å²) in [5.74, 6) is -0.258. The van der Waals surface area contributed by atoms with Crippen molar-refractivity contribution in [2.45, 2.75) is 44.2 Å². The van der Waals surface area contributed by atoms with Crippen LogP contribution in [0.4, 0.5) is 5.82 Å². The number of fused-ring (bicyclic) bond motifs is 2. The van der Waals surface area contributed by atoms with Crippen LogP contribution in [0.1, 0.15) is 20.1 Å². The first-order valence-corrected chi connectivity index (χ1v) is 11.6. The molecule has 0 bridgehead atoms. The fourth-order valence-electron chi connectivity index (χ4n) is 3.91. The zero-order valence-electron chi connectivity index (χ0n) is 17.4. The number of benzene rings is 1. The zero-order valence-corrected chi connectivity index (χ0v) is 18.3. The van der Waals surface area contributed by atoms with Gasteiger partial charge in [-0.3, -0.25) is 9.09 Å². The molecule has 2 aliphatic heterocycles. The van der Waals surface area contributed by atoms with Gasteiger partial charge in [0.2, 0.25) is 0 Å². The van der Waals surface area contributed by atoms with E-state index >= 15 is 0 Å². The third-order valence-corrected chi connectivity index (χ3v) is 6.16. The summed E-state index contributed by atoms with van der Waals surface area (Å²) < 4.78 is 43.4. The lowest BCUT2D eigenvalue weighted by Gasteiger charge is -2.25. The molecule has 0 aliphatic carbocycles. The van der Waals surface area contributed by atoms with Crippen LogP contribution in [0.25, 0.3) is 11.2 Å². The molecule has 0 spiro atoms. The minimum Gasteiger partial charge on any atom is -0.413 e. The molecular weight excluding hydrogens is 439 g/mol. The van der Waals surface area contributed by atoms with Gasteiger partial charge in [-0.05, 0) is 26.0 Å². The van der Waals surface area contributed by atoms with Crippen LogP contribution in [-0.4, -0.2) is 50.2 Å². The average molecular weight is 462 g/mol. The lowest BCUT2D eigenvalue weighted by molar-refractivity contribution is -0.199. The van der Waals surface area contributed by atoms with E-state index in [-0.39, 0.29) is 12.4 Å². The number of aromatic nitrogens is 4. The first-order chi connectivity index (χ1) is 15.2. The maximum absolute atomic E-state index is 12.6. The van der Waals surface area contributed by atoms with Crippen LogP contribution < -0.4 is 15.8 Å². The highest BCUT2D eigenvalue weighted by molar-refractivity contribution is 7.51. The Bertz CT molecular complexity index is 1170. The number of nitrogen functional groups attached to an aromatic ring is 1. The van der Waals surface area contributed by atoms with Crippen molar-refractivity contribution in [1.29, 1.82) is 0 Å². The lowest BCUT2D eigenvalue weighted by Crippen LogP contribution is -2.33. The van der Waals surface area contributed by atoms with Crippen molar-refractivity contribution in [2.75, 3.05) is 12.3 Å². The molecule has 1 aromatic carbocycles. The van der Waals surface area contributed by atoms with Crippen molar-refractivity contribution in [2.24, 2.45) is 5.50 Å². The van der Waals surface area contributed by atoms with Crippen molar-refractivity contribution in [3.8, 4) is 5.75 Å². The molecule has 4 heterocycles. The van der Waals surface area contributed by atoms with Crippen molar-refractivity contribution in [3.05, 3.63) is 43.0 Å². The summed E-state index contributed by atoms with van der Waals surface area (Å²) in [6, 6.07) is 8.55. The van der Waals surface area contributed by atoms with Crippen LogP contribution in [0.15, 0.2) is 43.0 Å². The number of hydrogen-bond acceptors (Lipinski definition) is 10. The highest BCUT2D eigenvalue weighted by Gasteiger charge is 2.56. The number of nitrogens with zero attached hydrogens (tertiary/aromatic N) is 4. The van der Waals surface area contributed by atoms with Crippen molar-refractivity contribution >= 4 is 24.7 Å². The molecule has 170 valence electrons. The van der Waals surface area contributed by atoms with Gasteiger partial charge in [0.05, 0.1) is 12.9 Å². The molecule has 5 atom stereocenters. The van der Waals surface area contributed by atoms with Crippen LogP contribution in [0.2, 0.25) is 0 Å². The fraction of sp³-hybridized carbons (Fsp3) is 0.421. The molecule has 2 fully saturated rings. The molecule has 13 heteroatoms. The normalized spacial score (nSPS) is 28.5. The maximum Gasteiger partial charge on any atom is 0.456 e. The summed E-state index contributed by atoms with van der Waals surface area (Å²) in [7, 11) is -3.89. The Hall–Kier alpha value is -2.60. The predicted octanol–water partition coefficient (Wildman–Crippen LogP) is 1.99. The van der Waals surface area contributed by atoms with Crippen LogP contribution in [0.5, 0.6) is 5.75 Å². The van der Waals surface area contributed by atoms with E-state index in [9.17, 15) is 4.57 Å². The van der Waals surface area contributed by atoms with E-state index in [1.807, 2.05) is 0 Å². The Balaban J connectivity index is 1.37. The summed E-state index contributed by atoms with van der Waals surface area (Å²) in [6.07, 6.45) is 0.621. The van der Waals surface area contributed by atoms with Gasteiger partial charge in [-0.15, -0.1) is 0 Å². The topological polar surface area (TPSA) is 159 Å². The summed E-state index contributed by atoms with van der Waals surface area (Å²) in [6.45, 7) is 3.47. The van der Waals surface area contributed by atoms with Crippen molar-refractivity contribution in [3.63, 3.8) is 0 Å². The highest BCUT2D eigenvalue weighted by Crippen LogP contribution is 2.46. The Morgan fingerprint density at radius 2 is 1.91 bits per heavy atom. The van der Waals surface area contributed by atoms with E-state index in [2.05, 4.69) is 15.0 Å². The summed E-state index contributed by atoms with van der Waals surface area (Å²) in [5.41, 5.74) is 12.6. The van der Waals surface area contributed by atoms with Crippen LogP contribution in [-0.2, 0) is 23.3 Å². The van der Waals surface area contributed by atoms with Crippen LogP contribution in [0, 0.1) is 0 Å². The third kappa shape index (κ3) is 3.96. The van der Waals surface area contributed by atoms with E-state index < -0.39 is 38.1 Å². The number of imidazole rings is 1. The van der Waals surface area contributed by atoms with Gasteiger partial charge < -0.3 is 24.5 Å². The predicted molar refractivity (Wildman–Crippen MR) is 112 cm³/mol. The molecule has 4 N–H and O–H groups in total. The number of para-hydroxylation sites is 1. The van der Waals surface area contributed by atoms with E-state index in [1.54, 1.807) is 55.1 Å². The SMILES string of the molecule is CC1(C)O[C@@H]2[C@H](O1)[C@@H](COP(N)(=O)Oc1ccccc1)O[C@H]2n1cnc2c(N)ncnc21. The first kappa shape index (κ1) is 21.3. The van der Waals surface area contributed by atoms with E-state index in [0.717, 1.165) is 0 Å². The molecule has 2 aromatic heterocycles. The number of nitrogens with two attached hydrogens (primary N) is 2. The van der Waals surface area contributed by atoms with E-state index in [4.69, 9.17) is 34.5 Å². The Morgan fingerprint density at radius 3 is 2.69 bits per heavy atom. The van der Waals surface area contributed by atoms with Gasteiger partial charge in [-0.2, -0.15) is 0 Å². The minimum atomic E-state index is -3.89. The first-order valence-electron chi connectivity index (χ1n) is 9.94. The number of anilines is 1. The third-order valence-electron chi connectivity index (χ3n) is 5.18. The Labute approximate surface area is 183 Å².